The van der Waals surface area contributed by atoms with Gasteiger partial charge in [0.1, 0.15) is 5.82 Å². The van der Waals surface area contributed by atoms with Crippen LogP contribution in [0.1, 0.15) is 17.3 Å². The first kappa shape index (κ1) is 15.5. The van der Waals surface area contributed by atoms with Gasteiger partial charge in [-0.15, -0.1) is 0 Å². The zero-order valence-electron chi connectivity index (χ0n) is 11.3. The molecule has 114 valence electrons. The molecule has 0 saturated heterocycles. The minimum atomic E-state index is -3.73. The van der Waals surface area contributed by atoms with Crippen molar-refractivity contribution >= 4 is 10.0 Å². The molecule has 1 heterocycles. The van der Waals surface area contributed by atoms with Crippen LogP contribution in [0.5, 0.6) is 0 Å². The summed E-state index contributed by atoms with van der Waals surface area (Å²) in [5.41, 5.74) is 5.50. The van der Waals surface area contributed by atoms with E-state index in [0.717, 1.165) is 6.07 Å². The molecule has 0 spiro atoms. The summed E-state index contributed by atoms with van der Waals surface area (Å²) in [6, 6.07) is 3.49. The molecule has 2 aromatic rings. The number of hydrogen-bond donors (Lipinski definition) is 2. The molecule has 0 unspecified atom stereocenters. The topological polar surface area (TPSA) is 111 Å². The first-order valence-corrected chi connectivity index (χ1v) is 7.68. The molecule has 0 aliphatic heterocycles. The van der Waals surface area contributed by atoms with E-state index in [0.29, 0.717) is 18.1 Å². The summed E-state index contributed by atoms with van der Waals surface area (Å²) in [7, 11) is -3.73. The third kappa shape index (κ3) is 3.84. The average molecular weight is 314 g/mol. The smallest absolute Gasteiger partial charge is 0.240 e. The van der Waals surface area contributed by atoms with Crippen LogP contribution in [0.2, 0.25) is 0 Å². The second-order valence-electron chi connectivity index (χ2n) is 4.33. The van der Waals surface area contributed by atoms with Crippen molar-refractivity contribution < 1.29 is 17.3 Å². The molecule has 2 rings (SSSR count). The lowest BCUT2D eigenvalue weighted by Gasteiger charge is -2.07. The molecular weight excluding hydrogens is 299 g/mol. The number of aryl methyl sites for hydroxylation is 1. The molecule has 9 heteroatoms. The zero-order valence-corrected chi connectivity index (χ0v) is 12.2. The van der Waals surface area contributed by atoms with E-state index in [1.807, 2.05) is 0 Å². The first-order chi connectivity index (χ1) is 9.92. The summed E-state index contributed by atoms with van der Waals surface area (Å²) in [4.78, 5) is 3.93. The van der Waals surface area contributed by atoms with Crippen molar-refractivity contribution in [2.45, 2.75) is 24.8 Å². The van der Waals surface area contributed by atoms with Gasteiger partial charge in [-0.25, -0.2) is 17.5 Å². The number of nitrogens with zero attached hydrogens (tertiary/aromatic N) is 2. The number of hydrogen-bond acceptors (Lipinski definition) is 6. The molecule has 3 N–H and O–H groups in total. The molecule has 0 aliphatic rings. The van der Waals surface area contributed by atoms with Crippen LogP contribution in [0.3, 0.4) is 0 Å². The van der Waals surface area contributed by atoms with Crippen LogP contribution in [0.15, 0.2) is 27.6 Å². The molecule has 1 aromatic heterocycles. The van der Waals surface area contributed by atoms with E-state index in [1.54, 1.807) is 6.92 Å². The number of nitrogens with one attached hydrogen (secondary N) is 1. The Kier molecular flexibility index (Phi) is 4.66. The molecule has 21 heavy (non-hydrogen) atoms. The maximum absolute atomic E-state index is 13.3. The normalized spacial score (nSPS) is 11.8. The van der Waals surface area contributed by atoms with E-state index >= 15 is 0 Å². The minimum absolute atomic E-state index is 0.0337. The van der Waals surface area contributed by atoms with Crippen molar-refractivity contribution in [2.24, 2.45) is 5.73 Å². The molecule has 0 amide bonds. The lowest BCUT2D eigenvalue weighted by molar-refractivity contribution is 0.387. The summed E-state index contributed by atoms with van der Waals surface area (Å²) >= 11 is 0. The number of aromatic nitrogens is 2. The van der Waals surface area contributed by atoms with Crippen LogP contribution in [0.4, 0.5) is 4.39 Å². The Hall–Kier alpha value is -1.84. The number of rotatable bonds is 6. The van der Waals surface area contributed by atoms with Gasteiger partial charge >= 0.3 is 0 Å². The van der Waals surface area contributed by atoms with E-state index in [9.17, 15) is 12.8 Å². The summed E-state index contributed by atoms with van der Waals surface area (Å²) < 4.78 is 44.6. The molecule has 0 fully saturated rings. The fourth-order valence-corrected chi connectivity index (χ4v) is 2.78. The minimum Gasteiger partial charge on any atom is -0.340 e. The van der Waals surface area contributed by atoms with Crippen molar-refractivity contribution in [1.82, 2.24) is 14.9 Å². The Morgan fingerprint density at radius 2 is 2.19 bits per heavy atom. The van der Waals surface area contributed by atoms with Crippen molar-refractivity contribution in [1.29, 1.82) is 0 Å². The molecule has 0 aliphatic carbocycles. The summed E-state index contributed by atoms with van der Waals surface area (Å²) in [5, 5.41) is 3.66. The Morgan fingerprint density at radius 1 is 1.43 bits per heavy atom. The molecule has 0 radical (unpaired) electrons. The van der Waals surface area contributed by atoms with Crippen LogP contribution in [-0.2, 0) is 23.0 Å². The molecular formula is C12H15FN4O3S. The van der Waals surface area contributed by atoms with Crippen molar-refractivity contribution in [2.75, 3.05) is 6.54 Å². The standard InChI is InChI=1S/C12H15FN4O3S/c1-8-16-12(17-20-8)4-5-15-21(18,19)10-2-3-11(13)9(6-10)7-14/h2-3,6,15H,4-5,7,14H2,1H3. The van der Waals surface area contributed by atoms with Crippen molar-refractivity contribution in [3.8, 4) is 0 Å². The lowest BCUT2D eigenvalue weighted by atomic mass is 10.2. The van der Waals surface area contributed by atoms with Gasteiger partial charge in [0.05, 0.1) is 4.90 Å². The highest BCUT2D eigenvalue weighted by Gasteiger charge is 2.16. The van der Waals surface area contributed by atoms with Gasteiger partial charge in [0.2, 0.25) is 15.9 Å². The number of halogens is 1. The van der Waals surface area contributed by atoms with Crippen LogP contribution in [0, 0.1) is 12.7 Å². The second-order valence-corrected chi connectivity index (χ2v) is 6.10. The van der Waals surface area contributed by atoms with Gasteiger partial charge in [0.25, 0.3) is 0 Å². The predicted octanol–water partition coefficient (Wildman–Crippen LogP) is 0.497. The largest absolute Gasteiger partial charge is 0.340 e. The van der Waals surface area contributed by atoms with Gasteiger partial charge in [-0.1, -0.05) is 5.16 Å². The fourth-order valence-electron chi connectivity index (χ4n) is 1.70. The van der Waals surface area contributed by atoms with Gasteiger partial charge in [0, 0.05) is 32.0 Å². The quantitative estimate of drug-likeness (QED) is 0.803. The highest BCUT2D eigenvalue weighted by molar-refractivity contribution is 7.89. The Balaban J connectivity index is 2.04. The maximum atomic E-state index is 13.3. The molecule has 1 aromatic carbocycles. The predicted molar refractivity (Wildman–Crippen MR) is 72.2 cm³/mol. The van der Waals surface area contributed by atoms with Crippen LogP contribution in [0.25, 0.3) is 0 Å². The van der Waals surface area contributed by atoms with E-state index in [4.69, 9.17) is 10.3 Å². The van der Waals surface area contributed by atoms with E-state index < -0.39 is 15.8 Å². The summed E-state index contributed by atoms with van der Waals surface area (Å²) in [6.07, 6.45) is 0.293. The molecule has 0 atom stereocenters. The van der Waals surface area contributed by atoms with Crippen LogP contribution < -0.4 is 10.5 Å². The Labute approximate surface area is 121 Å². The number of benzene rings is 1. The molecule has 0 bridgehead atoms. The Morgan fingerprint density at radius 3 is 2.81 bits per heavy atom. The number of sulfonamides is 1. The molecule has 0 saturated carbocycles. The average Bonchev–Trinajstić information content (AvgIpc) is 2.84. The second kappa shape index (κ2) is 6.29. The highest BCUT2D eigenvalue weighted by atomic mass is 32.2. The van der Waals surface area contributed by atoms with Crippen molar-refractivity contribution in [3.63, 3.8) is 0 Å². The van der Waals surface area contributed by atoms with Gasteiger partial charge in [-0.2, -0.15) is 4.98 Å². The van der Waals surface area contributed by atoms with Crippen molar-refractivity contribution in [3.05, 3.63) is 41.3 Å². The fraction of sp³-hybridized carbons (Fsp3) is 0.333. The summed E-state index contributed by atoms with van der Waals surface area (Å²) in [6.45, 7) is 1.68. The van der Waals surface area contributed by atoms with Gasteiger partial charge in [-0.05, 0) is 18.2 Å². The van der Waals surface area contributed by atoms with Crippen LogP contribution >= 0.6 is 0 Å². The third-order valence-electron chi connectivity index (χ3n) is 2.76. The third-order valence-corrected chi connectivity index (χ3v) is 4.22. The van der Waals surface area contributed by atoms with E-state index in [-0.39, 0.29) is 23.5 Å². The SMILES string of the molecule is Cc1nc(CCNS(=O)(=O)c2ccc(F)c(CN)c2)no1. The lowest BCUT2D eigenvalue weighted by Crippen LogP contribution is -2.26. The van der Waals surface area contributed by atoms with Crippen LogP contribution in [-0.4, -0.2) is 25.1 Å². The Bertz CT molecular complexity index is 730. The maximum Gasteiger partial charge on any atom is 0.240 e. The summed E-state index contributed by atoms with van der Waals surface area (Å²) in [5.74, 6) is 0.301. The zero-order chi connectivity index (χ0) is 15.5. The van der Waals surface area contributed by atoms with Gasteiger partial charge in [0.15, 0.2) is 5.82 Å². The van der Waals surface area contributed by atoms with E-state index in [1.165, 1.54) is 12.1 Å². The molecule has 7 nitrogen and oxygen atoms in total. The first-order valence-electron chi connectivity index (χ1n) is 6.20. The van der Waals surface area contributed by atoms with Gasteiger partial charge in [-0.3, -0.25) is 0 Å². The monoisotopic (exact) mass is 314 g/mol. The highest BCUT2D eigenvalue weighted by Crippen LogP contribution is 2.14. The number of nitrogens with two attached hydrogens (primary N) is 1. The van der Waals surface area contributed by atoms with Gasteiger partial charge < -0.3 is 10.3 Å². The van der Waals surface area contributed by atoms with E-state index in [2.05, 4.69) is 14.9 Å².